The molecule has 0 unspecified atom stereocenters. The van der Waals surface area contributed by atoms with Crippen LogP contribution in [0.4, 0.5) is 0 Å². The maximum atomic E-state index is 10.5. The lowest BCUT2D eigenvalue weighted by atomic mass is 10.1. The minimum absolute atomic E-state index is 0.0163. The fourth-order valence-electron chi connectivity index (χ4n) is 1.35. The number of aromatic nitrogens is 1. The number of hydrogen-bond acceptors (Lipinski definition) is 4. The van der Waals surface area contributed by atoms with Gasteiger partial charge in [-0.2, -0.15) is 0 Å². The molecule has 1 N–H and O–H groups in total. The van der Waals surface area contributed by atoms with E-state index in [1.54, 1.807) is 36.5 Å². The Balaban J connectivity index is 1.91. The van der Waals surface area contributed by atoms with Crippen LogP contribution in [0.2, 0.25) is 0 Å². The molecule has 2 rings (SSSR count). The molecule has 0 spiro atoms. The largest absolute Gasteiger partial charge is 0.486 e. The quantitative estimate of drug-likeness (QED) is 0.853. The van der Waals surface area contributed by atoms with Gasteiger partial charge in [-0.25, -0.2) is 0 Å². The van der Waals surface area contributed by atoms with Gasteiger partial charge in [0, 0.05) is 6.07 Å². The van der Waals surface area contributed by atoms with E-state index in [1.807, 2.05) is 0 Å². The number of carbonyl (C=O) groups is 1. The third kappa shape index (κ3) is 3.34. The van der Waals surface area contributed by atoms with E-state index in [1.165, 1.54) is 0 Å². The molecule has 1 heterocycles. The molecule has 1 aromatic carbocycles. The predicted molar refractivity (Wildman–Crippen MR) is 58.6 cm³/mol. The number of carboxylic acid groups (broad SMARTS) is 1. The van der Waals surface area contributed by atoms with E-state index in [0.717, 1.165) is 5.56 Å². The number of ether oxygens (including phenoxy) is 1. The molecule has 0 aliphatic heterocycles. The third-order valence-electron chi connectivity index (χ3n) is 2.15. The highest BCUT2D eigenvalue weighted by molar-refractivity contribution is 5.70. The van der Waals surface area contributed by atoms with Crippen LogP contribution in [0.3, 0.4) is 0 Å². The summed E-state index contributed by atoms with van der Waals surface area (Å²) >= 11 is 0. The topological polar surface area (TPSA) is 72.6 Å². The summed E-state index contributed by atoms with van der Waals surface area (Å²) in [6, 6.07) is 8.63. The highest BCUT2D eigenvalue weighted by Crippen LogP contribution is 2.14. The van der Waals surface area contributed by atoms with E-state index in [-0.39, 0.29) is 6.42 Å². The summed E-state index contributed by atoms with van der Waals surface area (Å²) in [4.78, 5) is 10.5. The molecule has 5 nitrogen and oxygen atoms in total. The van der Waals surface area contributed by atoms with Gasteiger partial charge in [0.25, 0.3) is 0 Å². The molecule has 5 heteroatoms. The van der Waals surface area contributed by atoms with Gasteiger partial charge in [-0.15, -0.1) is 0 Å². The zero-order valence-corrected chi connectivity index (χ0v) is 9.00. The van der Waals surface area contributed by atoms with Crippen molar-refractivity contribution in [2.24, 2.45) is 0 Å². The molecule has 0 fully saturated rings. The second-order valence-corrected chi connectivity index (χ2v) is 3.48. The van der Waals surface area contributed by atoms with Crippen LogP contribution in [0, 0.1) is 0 Å². The number of nitrogens with zero attached hydrogens (tertiary/aromatic N) is 1. The minimum atomic E-state index is -0.847. The lowest BCUT2D eigenvalue weighted by Crippen LogP contribution is -2.00. The average molecular weight is 233 g/mol. The number of benzene rings is 1. The summed E-state index contributed by atoms with van der Waals surface area (Å²) in [5.41, 5.74) is 0.740. The molecule has 1 aromatic heterocycles. The summed E-state index contributed by atoms with van der Waals surface area (Å²) in [7, 11) is 0. The summed E-state index contributed by atoms with van der Waals surface area (Å²) in [5, 5.41) is 12.2. The first-order valence-electron chi connectivity index (χ1n) is 5.07. The lowest BCUT2D eigenvalue weighted by Gasteiger charge is -2.04. The van der Waals surface area contributed by atoms with Crippen molar-refractivity contribution in [3.8, 4) is 5.75 Å². The normalized spacial score (nSPS) is 10.1. The summed E-state index contributed by atoms with van der Waals surface area (Å²) in [6.07, 6.45) is 1.57. The average Bonchev–Trinajstić information content (AvgIpc) is 2.80. The molecular weight excluding hydrogens is 222 g/mol. The molecular formula is C12H11NO4. The molecule has 0 saturated heterocycles. The number of carboxylic acids is 1. The zero-order chi connectivity index (χ0) is 12.1. The van der Waals surface area contributed by atoms with Gasteiger partial charge in [-0.1, -0.05) is 17.3 Å². The first kappa shape index (κ1) is 11.2. The maximum Gasteiger partial charge on any atom is 0.307 e. The molecule has 0 atom stereocenters. The molecule has 0 amide bonds. The van der Waals surface area contributed by atoms with E-state index in [0.29, 0.717) is 18.1 Å². The van der Waals surface area contributed by atoms with Gasteiger partial charge in [0.05, 0.1) is 12.6 Å². The van der Waals surface area contributed by atoms with Gasteiger partial charge >= 0.3 is 5.97 Å². The zero-order valence-electron chi connectivity index (χ0n) is 9.00. The number of rotatable bonds is 5. The van der Waals surface area contributed by atoms with Gasteiger partial charge in [-0.05, 0) is 17.7 Å². The second-order valence-electron chi connectivity index (χ2n) is 3.48. The van der Waals surface area contributed by atoms with Crippen molar-refractivity contribution >= 4 is 5.97 Å². The Morgan fingerprint density at radius 1 is 1.29 bits per heavy atom. The highest BCUT2D eigenvalue weighted by Gasteiger charge is 2.02. The van der Waals surface area contributed by atoms with Gasteiger partial charge in [0.15, 0.2) is 5.76 Å². The number of hydrogen-bond donors (Lipinski definition) is 1. The first-order valence-corrected chi connectivity index (χ1v) is 5.07. The minimum Gasteiger partial charge on any atom is -0.486 e. The summed E-state index contributed by atoms with van der Waals surface area (Å²) in [5.74, 6) is 0.454. The van der Waals surface area contributed by atoms with Gasteiger partial charge in [0.2, 0.25) is 0 Å². The Kier molecular flexibility index (Phi) is 3.40. The SMILES string of the molecule is O=C(O)Cc1ccc(OCc2ccno2)cc1. The smallest absolute Gasteiger partial charge is 0.307 e. The fraction of sp³-hybridized carbons (Fsp3) is 0.167. The Morgan fingerprint density at radius 2 is 2.06 bits per heavy atom. The molecule has 17 heavy (non-hydrogen) atoms. The van der Waals surface area contributed by atoms with E-state index in [9.17, 15) is 4.79 Å². The fourth-order valence-corrected chi connectivity index (χ4v) is 1.35. The second kappa shape index (κ2) is 5.16. The van der Waals surface area contributed by atoms with Crippen molar-refractivity contribution in [2.45, 2.75) is 13.0 Å². The van der Waals surface area contributed by atoms with E-state index < -0.39 is 5.97 Å². The molecule has 0 bridgehead atoms. The molecule has 88 valence electrons. The Labute approximate surface area is 97.6 Å². The molecule has 0 saturated carbocycles. The van der Waals surface area contributed by atoms with E-state index in [2.05, 4.69) is 5.16 Å². The number of aliphatic carboxylic acids is 1. The van der Waals surface area contributed by atoms with Crippen LogP contribution >= 0.6 is 0 Å². The van der Waals surface area contributed by atoms with Crippen LogP contribution in [0.25, 0.3) is 0 Å². The standard InChI is InChI=1S/C12H11NO4/c14-12(15)7-9-1-3-10(4-2-9)16-8-11-5-6-13-17-11/h1-6H,7-8H2,(H,14,15). The van der Waals surface area contributed by atoms with E-state index >= 15 is 0 Å². The van der Waals surface area contributed by atoms with Crippen LogP contribution in [0.5, 0.6) is 5.75 Å². The Morgan fingerprint density at radius 3 is 2.65 bits per heavy atom. The van der Waals surface area contributed by atoms with Crippen molar-refractivity contribution < 1.29 is 19.2 Å². The van der Waals surface area contributed by atoms with Gasteiger partial charge < -0.3 is 14.4 Å². The van der Waals surface area contributed by atoms with Crippen LogP contribution in [0.15, 0.2) is 41.1 Å². The van der Waals surface area contributed by atoms with Crippen molar-refractivity contribution in [2.75, 3.05) is 0 Å². The van der Waals surface area contributed by atoms with Gasteiger partial charge in [-0.3, -0.25) is 4.79 Å². The molecule has 0 aliphatic carbocycles. The van der Waals surface area contributed by atoms with Crippen LogP contribution in [-0.2, 0) is 17.8 Å². The monoisotopic (exact) mass is 233 g/mol. The molecule has 0 aliphatic rings. The third-order valence-corrected chi connectivity index (χ3v) is 2.15. The predicted octanol–water partition coefficient (Wildman–Crippen LogP) is 1.88. The first-order chi connectivity index (χ1) is 8.24. The molecule has 0 radical (unpaired) electrons. The maximum absolute atomic E-state index is 10.5. The van der Waals surface area contributed by atoms with Gasteiger partial charge in [0.1, 0.15) is 12.4 Å². The Bertz CT molecular complexity index is 476. The molecule has 2 aromatic rings. The van der Waals surface area contributed by atoms with Crippen molar-refractivity contribution in [1.82, 2.24) is 5.16 Å². The summed E-state index contributed by atoms with van der Waals surface area (Å²) < 4.78 is 10.3. The van der Waals surface area contributed by atoms with Crippen LogP contribution in [0.1, 0.15) is 11.3 Å². The van der Waals surface area contributed by atoms with Crippen LogP contribution < -0.4 is 4.74 Å². The van der Waals surface area contributed by atoms with Crippen LogP contribution in [-0.4, -0.2) is 16.2 Å². The summed E-state index contributed by atoms with van der Waals surface area (Å²) in [6.45, 7) is 0.304. The Hall–Kier alpha value is -2.30. The van der Waals surface area contributed by atoms with Crippen molar-refractivity contribution in [3.05, 3.63) is 47.9 Å². The van der Waals surface area contributed by atoms with Crippen molar-refractivity contribution in [3.63, 3.8) is 0 Å². The van der Waals surface area contributed by atoms with E-state index in [4.69, 9.17) is 14.4 Å². The lowest BCUT2D eigenvalue weighted by molar-refractivity contribution is -0.136. The van der Waals surface area contributed by atoms with Crippen molar-refractivity contribution in [1.29, 1.82) is 0 Å². The highest BCUT2D eigenvalue weighted by atomic mass is 16.5.